The molecule has 1 aliphatic rings. The number of hydrogen-bond acceptors (Lipinski definition) is 4. The van der Waals surface area contributed by atoms with E-state index in [2.05, 4.69) is 58.5 Å². The van der Waals surface area contributed by atoms with Crippen molar-refractivity contribution in [2.24, 2.45) is 0 Å². The smallest absolute Gasteiger partial charge is 0.206 e. The van der Waals surface area contributed by atoms with E-state index in [1.54, 1.807) is 11.8 Å². The van der Waals surface area contributed by atoms with E-state index < -0.39 is 0 Å². The Bertz CT molecular complexity index is 1180. The topological polar surface area (TPSA) is 52.9 Å². The van der Waals surface area contributed by atoms with Gasteiger partial charge in [-0.05, 0) is 42.1 Å². The first kappa shape index (κ1) is 19.8. The second-order valence-corrected chi connectivity index (χ2v) is 8.90. The number of nitrogens with zero attached hydrogens (tertiary/aromatic N) is 1. The van der Waals surface area contributed by atoms with Gasteiger partial charge in [-0.15, -0.1) is 0 Å². The molecular weight excluding hydrogens is 444 g/mol. The van der Waals surface area contributed by atoms with E-state index in [0.29, 0.717) is 11.3 Å². The number of rotatable bonds is 6. The van der Waals surface area contributed by atoms with Crippen LogP contribution >= 0.6 is 27.7 Å². The van der Waals surface area contributed by atoms with Crippen LogP contribution in [0.15, 0.2) is 74.4 Å². The monoisotopic (exact) mass is 462 g/mol. The first-order valence-corrected chi connectivity index (χ1v) is 11.2. The van der Waals surface area contributed by atoms with Crippen LogP contribution in [-0.4, -0.2) is 12.3 Å². The summed E-state index contributed by atoms with van der Waals surface area (Å²) in [6.07, 6.45) is 2.03. The summed E-state index contributed by atoms with van der Waals surface area (Å²) in [7, 11) is 0. The Hall–Kier alpha value is -2.55. The predicted molar refractivity (Wildman–Crippen MR) is 122 cm³/mol. The molecule has 4 rings (SSSR count). The fraction of sp³-hybridized carbons (Fsp3) is 0.167. The molecule has 3 aromatic carbocycles. The van der Waals surface area contributed by atoms with Crippen LogP contribution in [0.5, 0.6) is 0 Å². The third-order valence-corrected chi connectivity index (χ3v) is 6.59. The lowest BCUT2D eigenvalue weighted by Crippen LogP contribution is -2.22. The second kappa shape index (κ2) is 8.44. The van der Waals surface area contributed by atoms with Gasteiger partial charge in [-0.2, -0.15) is 5.26 Å². The molecule has 29 heavy (non-hydrogen) atoms. The van der Waals surface area contributed by atoms with Crippen molar-refractivity contribution in [3.05, 3.63) is 75.8 Å². The number of benzene rings is 3. The maximum Gasteiger partial charge on any atom is 0.206 e. The molecule has 0 unspecified atom stereocenters. The lowest BCUT2D eigenvalue weighted by Gasteiger charge is -2.22. The minimum atomic E-state index is -0.199. The third-order valence-electron chi connectivity index (χ3n) is 4.98. The summed E-state index contributed by atoms with van der Waals surface area (Å²) < 4.78 is 1.04. The Labute approximate surface area is 182 Å². The van der Waals surface area contributed by atoms with Gasteiger partial charge in [0, 0.05) is 37.3 Å². The Morgan fingerprint density at radius 1 is 1.07 bits per heavy atom. The third kappa shape index (κ3) is 3.71. The van der Waals surface area contributed by atoms with E-state index in [1.165, 1.54) is 0 Å². The van der Waals surface area contributed by atoms with Crippen molar-refractivity contribution in [2.45, 2.75) is 29.6 Å². The number of ketones is 1. The zero-order valence-electron chi connectivity index (χ0n) is 16.0. The fourth-order valence-electron chi connectivity index (χ4n) is 3.56. The molecular formula is C24H19BrN2OS. The highest BCUT2D eigenvalue weighted by Crippen LogP contribution is 2.41. The minimum Gasteiger partial charge on any atom is -0.383 e. The van der Waals surface area contributed by atoms with Crippen molar-refractivity contribution in [1.29, 1.82) is 5.26 Å². The first-order valence-electron chi connectivity index (χ1n) is 9.56. The number of allylic oxidation sites excluding steroid dienone is 1. The molecule has 1 aliphatic carbocycles. The molecule has 1 N–H and O–H groups in total. The van der Waals surface area contributed by atoms with E-state index in [4.69, 9.17) is 0 Å². The van der Waals surface area contributed by atoms with Gasteiger partial charge in [0.25, 0.3) is 0 Å². The van der Waals surface area contributed by atoms with Crippen molar-refractivity contribution in [3.8, 4) is 6.07 Å². The molecule has 0 radical (unpaired) electrons. The molecule has 0 fully saturated rings. The van der Waals surface area contributed by atoms with Gasteiger partial charge in [-0.3, -0.25) is 4.79 Å². The quantitative estimate of drug-likeness (QED) is 0.420. The Balaban J connectivity index is 1.85. The fourth-order valence-corrected chi connectivity index (χ4v) is 4.77. The van der Waals surface area contributed by atoms with Crippen molar-refractivity contribution < 1.29 is 4.79 Å². The Morgan fingerprint density at radius 3 is 2.59 bits per heavy atom. The molecule has 5 heteroatoms. The van der Waals surface area contributed by atoms with Gasteiger partial charge in [0.2, 0.25) is 5.78 Å². The summed E-state index contributed by atoms with van der Waals surface area (Å²) in [4.78, 5) is 15.3. The summed E-state index contributed by atoms with van der Waals surface area (Å²) >= 11 is 5.15. The zero-order chi connectivity index (χ0) is 20.4. The van der Waals surface area contributed by atoms with Crippen LogP contribution in [0, 0.1) is 11.3 Å². The number of nitriles is 1. The molecule has 0 aliphatic heterocycles. The molecule has 0 amide bonds. The normalized spacial score (nSPS) is 12.9. The van der Waals surface area contributed by atoms with E-state index in [1.807, 2.05) is 30.3 Å². The van der Waals surface area contributed by atoms with Crippen LogP contribution in [0.3, 0.4) is 0 Å². The summed E-state index contributed by atoms with van der Waals surface area (Å²) in [5.74, 6) is -0.199. The molecule has 0 atom stereocenters. The van der Waals surface area contributed by atoms with Crippen LogP contribution in [0.4, 0.5) is 0 Å². The van der Waals surface area contributed by atoms with Gasteiger partial charge in [0.1, 0.15) is 11.6 Å². The van der Waals surface area contributed by atoms with Crippen LogP contribution in [0.2, 0.25) is 0 Å². The highest BCUT2D eigenvalue weighted by molar-refractivity contribution is 9.10. The van der Waals surface area contributed by atoms with Crippen molar-refractivity contribution in [1.82, 2.24) is 5.32 Å². The molecule has 0 aromatic heterocycles. The number of halogens is 1. The number of nitrogens with one attached hydrogen (secondary N) is 1. The van der Waals surface area contributed by atoms with Crippen molar-refractivity contribution in [3.63, 3.8) is 0 Å². The molecule has 0 saturated carbocycles. The number of Topliss-reactive ketones (excluding diaryl/α,β-unsaturated/α-hetero) is 1. The molecule has 0 bridgehead atoms. The van der Waals surface area contributed by atoms with Crippen LogP contribution in [0.25, 0.3) is 16.5 Å². The largest absolute Gasteiger partial charge is 0.383 e. The molecule has 3 nitrogen and oxygen atoms in total. The summed E-state index contributed by atoms with van der Waals surface area (Å²) in [6, 6.07) is 20.2. The van der Waals surface area contributed by atoms with Gasteiger partial charge in [-0.25, -0.2) is 0 Å². The average molecular weight is 463 g/mol. The van der Waals surface area contributed by atoms with Gasteiger partial charge in [-0.1, -0.05) is 65.3 Å². The molecule has 0 heterocycles. The number of unbranched alkanes of at least 4 members (excludes halogenated alkanes) is 1. The molecule has 0 saturated heterocycles. The first-order chi connectivity index (χ1) is 14.1. The molecule has 144 valence electrons. The summed E-state index contributed by atoms with van der Waals surface area (Å²) in [5, 5.41) is 15.0. The van der Waals surface area contributed by atoms with E-state index in [-0.39, 0.29) is 11.4 Å². The minimum absolute atomic E-state index is 0.199. The summed E-state index contributed by atoms with van der Waals surface area (Å²) in [5.41, 5.74) is 2.40. The highest BCUT2D eigenvalue weighted by atomic mass is 79.9. The highest BCUT2D eigenvalue weighted by Gasteiger charge is 2.28. The van der Waals surface area contributed by atoms with Crippen LogP contribution in [0.1, 0.15) is 35.7 Å². The van der Waals surface area contributed by atoms with Gasteiger partial charge >= 0.3 is 0 Å². The van der Waals surface area contributed by atoms with E-state index in [0.717, 1.165) is 50.0 Å². The predicted octanol–water partition coefficient (Wildman–Crippen LogP) is 6.57. The number of carbonyl (C=O) groups excluding carboxylic acids is 1. The van der Waals surface area contributed by atoms with Gasteiger partial charge in [0.05, 0.1) is 5.70 Å². The van der Waals surface area contributed by atoms with Gasteiger partial charge in [0.15, 0.2) is 0 Å². The lowest BCUT2D eigenvalue weighted by molar-refractivity contribution is 0.104. The number of carbonyl (C=O) groups is 1. The number of hydrogen-bond donors (Lipinski definition) is 1. The van der Waals surface area contributed by atoms with Crippen LogP contribution < -0.4 is 5.32 Å². The van der Waals surface area contributed by atoms with Crippen molar-refractivity contribution >= 4 is 49.9 Å². The standard InChI is InChI=1S/C24H19BrN2OS/c1-2-3-13-27-23-18-11-12-21(29-16-9-7-15(25)8-10-16)17-5-4-6-19(22(17)18)24(28)20(23)14-26/h4-12,27H,2-3,13H2,1H3. The average Bonchev–Trinajstić information content (AvgIpc) is 2.74. The summed E-state index contributed by atoms with van der Waals surface area (Å²) in [6.45, 7) is 2.86. The van der Waals surface area contributed by atoms with E-state index in [9.17, 15) is 10.1 Å². The van der Waals surface area contributed by atoms with Crippen LogP contribution in [-0.2, 0) is 0 Å². The zero-order valence-corrected chi connectivity index (χ0v) is 18.4. The second-order valence-electron chi connectivity index (χ2n) is 6.87. The molecule has 0 spiro atoms. The Kier molecular flexibility index (Phi) is 5.75. The van der Waals surface area contributed by atoms with Gasteiger partial charge < -0.3 is 5.32 Å². The SMILES string of the molecule is CCCCNC1=C(C#N)C(=O)c2cccc3c(Sc4ccc(Br)cc4)ccc1c23. The molecule has 3 aromatic rings. The Morgan fingerprint density at radius 2 is 1.86 bits per heavy atom. The maximum absolute atomic E-state index is 13.1. The van der Waals surface area contributed by atoms with Crippen molar-refractivity contribution in [2.75, 3.05) is 6.54 Å². The van der Waals surface area contributed by atoms with E-state index >= 15 is 0 Å². The maximum atomic E-state index is 13.1. The lowest BCUT2D eigenvalue weighted by atomic mass is 9.86.